The Morgan fingerprint density at radius 1 is 0.607 bits per heavy atom. The number of ether oxygens (including phenoxy) is 1. The van der Waals surface area contributed by atoms with Gasteiger partial charge in [-0.25, -0.2) is 0 Å². The van der Waals surface area contributed by atoms with E-state index in [1.165, 1.54) is 84.4 Å². The van der Waals surface area contributed by atoms with Crippen LogP contribution in [0.25, 0.3) is 0 Å². The quantitative estimate of drug-likeness (QED) is 0.0758. The van der Waals surface area contributed by atoms with Gasteiger partial charge in [0.1, 0.15) is 0 Å². The number of rotatable bonds is 23. The van der Waals surface area contributed by atoms with Crippen LogP contribution in [0.15, 0.2) is 0 Å². The van der Waals surface area contributed by atoms with Crippen molar-refractivity contribution in [2.75, 3.05) is 65.0 Å². The number of hydrogen-bond donors (Lipinski definition) is 3. The van der Waals surface area contributed by atoms with Gasteiger partial charge < -0.3 is 4.74 Å². The molecule has 0 fully saturated rings. The van der Waals surface area contributed by atoms with E-state index >= 15 is 0 Å². The lowest BCUT2D eigenvalue weighted by atomic mass is 10.5. The zero-order chi connectivity index (χ0) is 20.8. The van der Waals surface area contributed by atoms with Gasteiger partial charge in [0.25, 0.3) is 0 Å². The topological polar surface area (TPSA) is 9.23 Å². The monoisotopic (exact) mass is 520 g/mol. The van der Waals surface area contributed by atoms with Gasteiger partial charge in [-0.15, -0.1) is 0 Å². The van der Waals surface area contributed by atoms with Gasteiger partial charge in [0.05, 0.1) is 8.07 Å². The Bertz CT molecular complexity index is 276. The van der Waals surface area contributed by atoms with Crippen LogP contribution in [0.4, 0.5) is 0 Å². The van der Waals surface area contributed by atoms with Gasteiger partial charge in [0.2, 0.25) is 0 Å². The predicted molar refractivity (Wildman–Crippen MR) is 153 cm³/mol. The molecule has 0 heterocycles. The molecule has 8 heteroatoms. The van der Waals surface area contributed by atoms with Crippen molar-refractivity contribution < 1.29 is 4.74 Å². The van der Waals surface area contributed by atoms with Crippen LogP contribution in [-0.4, -0.2) is 73.1 Å². The molecule has 28 heavy (non-hydrogen) atoms. The summed E-state index contributed by atoms with van der Waals surface area (Å²) in [4.78, 5) is 0. The van der Waals surface area contributed by atoms with Gasteiger partial charge in [0, 0.05) is 30.5 Å². The summed E-state index contributed by atoms with van der Waals surface area (Å²) in [6.07, 6.45) is 5.50. The molecule has 0 aliphatic rings. The number of hydrogen-bond acceptors (Lipinski definition) is 7. The van der Waals surface area contributed by atoms with Crippen molar-refractivity contribution in [2.24, 2.45) is 0 Å². The summed E-state index contributed by atoms with van der Waals surface area (Å²) in [6.45, 7) is 3.93. The Labute approximate surface area is 206 Å². The number of thioether (sulfide) groups is 3. The van der Waals surface area contributed by atoms with Crippen molar-refractivity contribution in [1.82, 2.24) is 0 Å². The molecule has 0 aliphatic heterocycles. The zero-order valence-electron chi connectivity index (χ0n) is 17.9. The van der Waals surface area contributed by atoms with E-state index in [2.05, 4.69) is 80.1 Å². The van der Waals surface area contributed by atoms with E-state index < -0.39 is 8.07 Å². The first-order chi connectivity index (χ1) is 13.7. The molecule has 0 atom stereocenters. The molecular weight excluding hydrogens is 477 g/mol. The SMILES string of the molecule is CCOCCC[Si](CCCSCCS)(CCCSCCS)CCCSCCS. The molecule has 0 amide bonds. The van der Waals surface area contributed by atoms with E-state index in [0.717, 1.165) is 30.5 Å². The maximum Gasteiger partial charge on any atom is 0.0537 e. The fourth-order valence-corrected chi connectivity index (χ4v) is 12.7. The second-order valence-corrected chi connectivity index (χ2v) is 17.1. The summed E-state index contributed by atoms with van der Waals surface area (Å²) in [5, 5.41) is 0. The molecule has 0 N–H and O–H groups in total. The Morgan fingerprint density at radius 3 is 1.36 bits per heavy atom. The van der Waals surface area contributed by atoms with E-state index in [9.17, 15) is 0 Å². The largest absolute Gasteiger partial charge is 0.382 e. The van der Waals surface area contributed by atoms with Crippen LogP contribution in [-0.2, 0) is 4.74 Å². The molecule has 1 nitrogen and oxygen atoms in total. The number of thiol groups is 3. The van der Waals surface area contributed by atoms with E-state index in [-0.39, 0.29) is 0 Å². The third-order valence-corrected chi connectivity index (χ3v) is 15.3. The van der Waals surface area contributed by atoms with Gasteiger partial charge in [-0.1, -0.05) is 24.2 Å². The van der Waals surface area contributed by atoms with Crippen molar-refractivity contribution >= 4 is 81.2 Å². The fourth-order valence-electron chi connectivity index (χ4n) is 3.59. The van der Waals surface area contributed by atoms with Crippen LogP contribution in [0.5, 0.6) is 0 Å². The molecule has 0 saturated carbocycles. The van der Waals surface area contributed by atoms with Crippen molar-refractivity contribution in [3.63, 3.8) is 0 Å². The normalized spacial score (nSPS) is 12.0. The Hall–Kier alpha value is 2.28. The first-order valence-corrected chi connectivity index (χ1v) is 19.1. The summed E-state index contributed by atoms with van der Waals surface area (Å²) in [7, 11) is -1.20. The highest BCUT2D eigenvalue weighted by molar-refractivity contribution is 8.00. The van der Waals surface area contributed by atoms with Gasteiger partial charge in [-0.3, -0.25) is 0 Å². The molecule has 0 radical (unpaired) electrons. The minimum atomic E-state index is -1.20. The lowest BCUT2D eigenvalue weighted by Gasteiger charge is -2.33. The van der Waals surface area contributed by atoms with Gasteiger partial charge in [-0.2, -0.15) is 73.2 Å². The molecule has 170 valence electrons. The zero-order valence-corrected chi connectivity index (χ0v) is 24.0. The van der Waals surface area contributed by atoms with Gasteiger partial charge in [0.15, 0.2) is 0 Å². The molecule has 0 bridgehead atoms. The summed E-state index contributed by atoms with van der Waals surface area (Å²) in [5.41, 5.74) is 0. The minimum absolute atomic E-state index is 0.857. The smallest absolute Gasteiger partial charge is 0.0537 e. The molecule has 0 unspecified atom stereocenters. The summed E-state index contributed by atoms with van der Waals surface area (Å²) in [5.74, 6) is 10.6. The standard InChI is InChI=1S/C20H44OS6Si/c1-2-21-7-3-17-28(18-4-11-25-14-8-22,19-5-12-26-15-9-23)20-6-13-27-16-10-24/h22-24H,2-20H2,1H3. The van der Waals surface area contributed by atoms with Crippen LogP contribution < -0.4 is 0 Å². The minimum Gasteiger partial charge on any atom is -0.382 e. The molecule has 0 aromatic carbocycles. The molecule has 0 spiro atoms. The second-order valence-electron chi connectivity index (χ2n) is 7.12. The third kappa shape index (κ3) is 19.0. The third-order valence-electron chi connectivity index (χ3n) is 4.89. The molecule has 0 aromatic heterocycles. The highest BCUT2D eigenvalue weighted by Gasteiger charge is 2.30. The second kappa shape index (κ2) is 23.9. The first-order valence-electron chi connectivity index (χ1n) is 10.9. The Balaban J connectivity index is 4.66. The molecule has 0 aromatic rings. The fraction of sp³-hybridized carbons (Fsp3) is 1.00. The van der Waals surface area contributed by atoms with Gasteiger partial charge in [-0.05, 0) is 67.1 Å². The molecule has 0 aliphatic carbocycles. The molecular formula is C20H44OS6Si. The van der Waals surface area contributed by atoms with E-state index in [1.54, 1.807) is 0 Å². The summed E-state index contributed by atoms with van der Waals surface area (Å²) >= 11 is 19.3. The van der Waals surface area contributed by atoms with E-state index in [1.807, 2.05) is 0 Å². The van der Waals surface area contributed by atoms with Crippen LogP contribution in [0, 0.1) is 0 Å². The maximum atomic E-state index is 5.69. The summed E-state index contributed by atoms with van der Waals surface area (Å²) < 4.78 is 5.69. The van der Waals surface area contributed by atoms with Crippen molar-refractivity contribution in [1.29, 1.82) is 0 Å². The van der Waals surface area contributed by atoms with Crippen LogP contribution in [0.2, 0.25) is 24.2 Å². The average Bonchev–Trinajstić information content (AvgIpc) is 2.70. The van der Waals surface area contributed by atoms with Crippen molar-refractivity contribution in [3.05, 3.63) is 0 Å². The Kier molecular flexibility index (Phi) is 25.9. The lowest BCUT2D eigenvalue weighted by molar-refractivity contribution is 0.148. The Morgan fingerprint density at radius 2 is 1.00 bits per heavy atom. The highest BCUT2D eigenvalue weighted by Crippen LogP contribution is 2.33. The first kappa shape index (κ1) is 30.3. The van der Waals surface area contributed by atoms with Crippen LogP contribution in [0.3, 0.4) is 0 Å². The molecule has 0 saturated heterocycles. The average molecular weight is 521 g/mol. The highest BCUT2D eigenvalue weighted by atomic mass is 32.2. The van der Waals surface area contributed by atoms with Gasteiger partial charge >= 0.3 is 0 Å². The van der Waals surface area contributed by atoms with Crippen LogP contribution in [0.1, 0.15) is 32.6 Å². The van der Waals surface area contributed by atoms with Crippen molar-refractivity contribution in [2.45, 2.75) is 56.8 Å². The van der Waals surface area contributed by atoms with E-state index in [4.69, 9.17) is 4.74 Å². The lowest BCUT2D eigenvalue weighted by Crippen LogP contribution is -2.35. The van der Waals surface area contributed by atoms with Crippen molar-refractivity contribution in [3.8, 4) is 0 Å². The predicted octanol–water partition coefficient (Wildman–Crippen LogP) is 7.02. The summed E-state index contributed by atoms with van der Waals surface area (Å²) in [6, 6.07) is 6.03. The van der Waals surface area contributed by atoms with E-state index in [0.29, 0.717) is 0 Å². The van der Waals surface area contributed by atoms with Crippen LogP contribution >= 0.6 is 73.2 Å². The molecule has 0 rings (SSSR count). The maximum absolute atomic E-state index is 5.69.